The van der Waals surface area contributed by atoms with Gasteiger partial charge in [0.2, 0.25) is 0 Å². The Bertz CT molecular complexity index is 598. The van der Waals surface area contributed by atoms with E-state index in [1.807, 2.05) is 24.3 Å². The van der Waals surface area contributed by atoms with Crippen LogP contribution in [0.5, 0.6) is 0 Å². The zero-order valence-electron chi connectivity index (χ0n) is 11.1. The molecule has 5 heteroatoms. The van der Waals surface area contributed by atoms with Gasteiger partial charge in [0, 0.05) is 6.54 Å². The molecule has 1 aromatic carbocycles. The fourth-order valence-electron chi connectivity index (χ4n) is 1.87. The SMILES string of the molecule is N#Cc1cnn(C(=O)NCCCCc2ccccc2)c1. The van der Waals surface area contributed by atoms with Gasteiger partial charge in [-0.15, -0.1) is 0 Å². The van der Waals surface area contributed by atoms with E-state index in [0.29, 0.717) is 12.1 Å². The van der Waals surface area contributed by atoms with Gasteiger partial charge in [-0.25, -0.2) is 4.79 Å². The highest BCUT2D eigenvalue weighted by Gasteiger charge is 2.05. The number of amides is 1. The molecule has 0 aliphatic heterocycles. The number of hydrogen-bond acceptors (Lipinski definition) is 3. The van der Waals surface area contributed by atoms with E-state index in [4.69, 9.17) is 5.26 Å². The largest absolute Gasteiger partial charge is 0.342 e. The number of carbonyl (C=O) groups is 1. The lowest BCUT2D eigenvalue weighted by atomic mass is 10.1. The van der Waals surface area contributed by atoms with Gasteiger partial charge in [-0.05, 0) is 24.8 Å². The molecule has 1 amide bonds. The van der Waals surface area contributed by atoms with Gasteiger partial charge in [0.1, 0.15) is 6.07 Å². The average Bonchev–Trinajstić information content (AvgIpc) is 2.97. The molecule has 0 aliphatic rings. The molecule has 0 fully saturated rings. The molecule has 20 heavy (non-hydrogen) atoms. The average molecular weight is 268 g/mol. The van der Waals surface area contributed by atoms with Crippen molar-refractivity contribution in [2.45, 2.75) is 19.3 Å². The lowest BCUT2D eigenvalue weighted by Crippen LogP contribution is -2.29. The van der Waals surface area contributed by atoms with Crippen LogP contribution in [0, 0.1) is 11.3 Å². The highest BCUT2D eigenvalue weighted by molar-refractivity contribution is 5.75. The molecule has 0 saturated heterocycles. The second-order valence-corrected chi connectivity index (χ2v) is 4.46. The van der Waals surface area contributed by atoms with Crippen LogP contribution in [0.1, 0.15) is 24.0 Å². The molecule has 0 saturated carbocycles. The van der Waals surface area contributed by atoms with E-state index >= 15 is 0 Å². The molecule has 0 radical (unpaired) electrons. The van der Waals surface area contributed by atoms with Crippen LogP contribution < -0.4 is 5.32 Å². The Morgan fingerprint density at radius 2 is 2.10 bits per heavy atom. The normalized spacial score (nSPS) is 9.95. The number of unbranched alkanes of at least 4 members (excludes halogenated alkanes) is 1. The molecule has 102 valence electrons. The first kappa shape index (κ1) is 13.8. The molecular formula is C15H16N4O. The quantitative estimate of drug-likeness (QED) is 0.846. The van der Waals surface area contributed by atoms with Gasteiger partial charge in [-0.1, -0.05) is 30.3 Å². The predicted molar refractivity (Wildman–Crippen MR) is 75.1 cm³/mol. The van der Waals surface area contributed by atoms with E-state index in [0.717, 1.165) is 23.9 Å². The van der Waals surface area contributed by atoms with E-state index in [-0.39, 0.29) is 6.03 Å². The number of nitriles is 1. The number of hydrogen-bond donors (Lipinski definition) is 1. The van der Waals surface area contributed by atoms with E-state index in [1.54, 1.807) is 0 Å². The van der Waals surface area contributed by atoms with Gasteiger partial charge < -0.3 is 5.32 Å². The molecule has 1 aromatic heterocycles. The number of aryl methyl sites for hydroxylation is 1. The summed E-state index contributed by atoms with van der Waals surface area (Å²) in [5.41, 5.74) is 1.69. The molecule has 0 aliphatic carbocycles. The first-order chi connectivity index (χ1) is 9.79. The van der Waals surface area contributed by atoms with Crippen LogP contribution >= 0.6 is 0 Å². The molecule has 2 rings (SSSR count). The maximum atomic E-state index is 11.7. The van der Waals surface area contributed by atoms with Crippen molar-refractivity contribution in [2.24, 2.45) is 0 Å². The Labute approximate surface area is 117 Å². The van der Waals surface area contributed by atoms with Gasteiger partial charge >= 0.3 is 6.03 Å². The van der Waals surface area contributed by atoms with Crippen molar-refractivity contribution in [3.05, 3.63) is 53.9 Å². The molecule has 0 atom stereocenters. The maximum Gasteiger partial charge on any atom is 0.342 e. The lowest BCUT2D eigenvalue weighted by Gasteiger charge is -2.04. The van der Waals surface area contributed by atoms with Gasteiger partial charge in [-0.3, -0.25) is 0 Å². The smallest absolute Gasteiger partial charge is 0.336 e. The number of nitrogens with one attached hydrogen (secondary N) is 1. The summed E-state index contributed by atoms with van der Waals surface area (Å²) in [6.07, 6.45) is 5.73. The Balaban J connectivity index is 1.66. The topological polar surface area (TPSA) is 70.7 Å². The van der Waals surface area contributed by atoms with Crippen molar-refractivity contribution in [2.75, 3.05) is 6.54 Å². The number of aromatic nitrogens is 2. The maximum absolute atomic E-state index is 11.7. The summed E-state index contributed by atoms with van der Waals surface area (Å²) in [7, 11) is 0. The molecule has 1 N–H and O–H groups in total. The number of nitrogens with zero attached hydrogens (tertiary/aromatic N) is 3. The van der Waals surface area contributed by atoms with Crippen LogP contribution in [0.2, 0.25) is 0 Å². The van der Waals surface area contributed by atoms with Crippen molar-refractivity contribution in [3.8, 4) is 6.07 Å². The van der Waals surface area contributed by atoms with Crippen LogP contribution in [0.15, 0.2) is 42.7 Å². The molecule has 1 heterocycles. The van der Waals surface area contributed by atoms with Gasteiger partial charge in [0.25, 0.3) is 0 Å². The van der Waals surface area contributed by atoms with E-state index in [2.05, 4.69) is 22.5 Å². The van der Waals surface area contributed by atoms with Crippen LogP contribution in [-0.4, -0.2) is 22.4 Å². The van der Waals surface area contributed by atoms with Crippen LogP contribution in [0.4, 0.5) is 4.79 Å². The summed E-state index contributed by atoms with van der Waals surface area (Å²) >= 11 is 0. The number of benzene rings is 1. The minimum atomic E-state index is -0.300. The van der Waals surface area contributed by atoms with Crippen molar-refractivity contribution in [1.29, 1.82) is 5.26 Å². The number of carbonyl (C=O) groups excluding carboxylic acids is 1. The second kappa shape index (κ2) is 7.10. The molecule has 0 unspecified atom stereocenters. The van der Waals surface area contributed by atoms with Crippen molar-refractivity contribution in [3.63, 3.8) is 0 Å². The summed E-state index contributed by atoms with van der Waals surface area (Å²) < 4.78 is 1.15. The highest BCUT2D eigenvalue weighted by atomic mass is 16.2. The predicted octanol–water partition coefficient (Wildman–Crippen LogP) is 2.34. The summed E-state index contributed by atoms with van der Waals surface area (Å²) in [5, 5.41) is 15.2. The summed E-state index contributed by atoms with van der Waals surface area (Å²) in [6.45, 7) is 0.605. The van der Waals surface area contributed by atoms with Gasteiger partial charge in [-0.2, -0.15) is 15.0 Å². The van der Waals surface area contributed by atoms with Crippen molar-refractivity contribution < 1.29 is 4.79 Å². The highest BCUT2D eigenvalue weighted by Crippen LogP contribution is 2.03. The molecule has 2 aromatic rings. The standard InChI is InChI=1S/C15H16N4O/c16-10-14-11-18-19(12-14)15(20)17-9-5-4-8-13-6-2-1-3-7-13/h1-3,6-7,11-12H,4-5,8-9H2,(H,17,20). The third-order valence-electron chi connectivity index (χ3n) is 2.93. The van der Waals surface area contributed by atoms with Crippen LogP contribution in [-0.2, 0) is 6.42 Å². The Kier molecular flexibility index (Phi) is 4.90. The van der Waals surface area contributed by atoms with Gasteiger partial charge in [0.05, 0.1) is 18.0 Å². The third-order valence-corrected chi connectivity index (χ3v) is 2.93. The summed E-state index contributed by atoms with van der Waals surface area (Å²) in [5.74, 6) is 0. The Morgan fingerprint density at radius 1 is 1.30 bits per heavy atom. The third kappa shape index (κ3) is 3.95. The Morgan fingerprint density at radius 3 is 2.80 bits per heavy atom. The summed E-state index contributed by atoms with van der Waals surface area (Å²) in [4.78, 5) is 11.7. The minimum Gasteiger partial charge on any atom is -0.336 e. The van der Waals surface area contributed by atoms with Crippen molar-refractivity contribution in [1.82, 2.24) is 15.1 Å². The van der Waals surface area contributed by atoms with E-state index in [1.165, 1.54) is 18.0 Å². The monoisotopic (exact) mass is 268 g/mol. The molecule has 0 bridgehead atoms. The number of rotatable bonds is 5. The van der Waals surface area contributed by atoms with Crippen LogP contribution in [0.3, 0.4) is 0 Å². The van der Waals surface area contributed by atoms with Crippen molar-refractivity contribution >= 4 is 6.03 Å². The lowest BCUT2D eigenvalue weighted by molar-refractivity contribution is 0.239. The zero-order chi connectivity index (χ0) is 14.2. The van der Waals surface area contributed by atoms with Crippen LogP contribution in [0.25, 0.3) is 0 Å². The second-order valence-electron chi connectivity index (χ2n) is 4.46. The Hall–Kier alpha value is -2.61. The van der Waals surface area contributed by atoms with Gasteiger partial charge in [0.15, 0.2) is 0 Å². The van der Waals surface area contributed by atoms with E-state index < -0.39 is 0 Å². The first-order valence-electron chi connectivity index (χ1n) is 6.56. The zero-order valence-corrected chi connectivity index (χ0v) is 11.1. The van der Waals surface area contributed by atoms with E-state index in [9.17, 15) is 4.79 Å². The molecular weight excluding hydrogens is 252 g/mol. The molecule has 5 nitrogen and oxygen atoms in total. The fraction of sp³-hybridized carbons (Fsp3) is 0.267. The summed E-state index contributed by atoms with van der Waals surface area (Å²) in [6, 6.07) is 11.9. The minimum absolute atomic E-state index is 0.300. The molecule has 0 spiro atoms. The fourth-order valence-corrected chi connectivity index (χ4v) is 1.87. The first-order valence-corrected chi connectivity index (χ1v) is 6.56.